The van der Waals surface area contributed by atoms with Crippen LogP contribution in [0.25, 0.3) is 99.9 Å². The van der Waals surface area contributed by atoms with Crippen LogP contribution in [0.3, 0.4) is 0 Å². The minimum Gasteiger partial charge on any atom is -0.456 e. The monoisotopic (exact) mass is 616 g/mol. The fraction of sp³-hybridized carbons (Fsp3) is 0. The van der Waals surface area contributed by atoms with Gasteiger partial charge in [0, 0.05) is 56.0 Å². The van der Waals surface area contributed by atoms with Gasteiger partial charge in [-0.05, 0) is 59.0 Å². The van der Waals surface area contributed by atoms with Crippen LogP contribution in [0.15, 0.2) is 155 Å². The SMILES string of the molecule is c1ccc(-c2nc(-c3cccc(-c4cccc5oc6cc7ccncc7cc6c45)c3)nc(-c3cccc4oc5ccccc5c34)n2)cc1. The van der Waals surface area contributed by atoms with E-state index in [1.54, 1.807) is 6.20 Å². The van der Waals surface area contributed by atoms with Crippen molar-refractivity contribution in [3.63, 3.8) is 0 Å². The first-order valence-electron chi connectivity index (χ1n) is 15.8. The number of hydrogen-bond donors (Lipinski definition) is 0. The molecular formula is C42H24N4O2. The van der Waals surface area contributed by atoms with E-state index in [-0.39, 0.29) is 0 Å². The lowest BCUT2D eigenvalue weighted by Gasteiger charge is -2.11. The highest BCUT2D eigenvalue weighted by Crippen LogP contribution is 2.40. The van der Waals surface area contributed by atoms with Gasteiger partial charge in [-0.2, -0.15) is 0 Å². The van der Waals surface area contributed by atoms with Crippen molar-refractivity contribution in [2.24, 2.45) is 0 Å². The van der Waals surface area contributed by atoms with Crippen molar-refractivity contribution in [3.8, 4) is 45.3 Å². The second kappa shape index (κ2) is 10.4. The van der Waals surface area contributed by atoms with Crippen molar-refractivity contribution in [1.82, 2.24) is 19.9 Å². The number of rotatable bonds is 4. The van der Waals surface area contributed by atoms with Crippen molar-refractivity contribution >= 4 is 54.6 Å². The summed E-state index contributed by atoms with van der Waals surface area (Å²) in [6.07, 6.45) is 3.70. The van der Waals surface area contributed by atoms with Gasteiger partial charge in [0.05, 0.1) is 0 Å². The van der Waals surface area contributed by atoms with Crippen LogP contribution in [0.5, 0.6) is 0 Å². The molecule has 4 heterocycles. The van der Waals surface area contributed by atoms with E-state index in [1.807, 2.05) is 85.1 Å². The van der Waals surface area contributed by atoms with Crippen molar-refractivity contribution in [1.29, 1.82) is 0 Å². The number of pyridine rings is 1. The molecule has 0 unspecified atom stereocenters. The Morgan fingerprint density at radius 2 is 1.04 bits per heavy atom. The molecular weight excluding hydrogens is 592 g/mol. The van der Waals surface area contributed by atoms with E-state index < -0.39 is 0 Å². The van der Waals surface area contributed by atoms with Gasteiger partial charge < -0.3 is 8.83 Å². The van der Waals surface area contributed by atoms with E-state index in [0.29, 0.717) is 17.5 Å². The standard InChI is InChI=1S/C42H24N4O2/c1-2-9-25(10-3-1)40-44-41(46-42(45-40)32-15-8-18-36-39(32)31-13-4-5-16-34(31)47-36)28-12-6-11-27(21-28)30-14-7-17-35-38(30)33-22-29-24-43-20-19-26(29)23-37(33)48-35/h1-24H. The average Bonchev–Trinajstić information content (AvgIpc) is 3.72. The summed E-state index contributed by atoms with van der Waals surface area (Å²) in [6, 6.07) is 45.0. The third-order valence-electron chi connectivity index (χ3n) is 9.00. The first kappa shape index (κ1) is 26.5. The molecule has 224 valence electrons. The predicted octanol–water partition coefficient (Wildman–Crippen LogP) is 10.9. The van der Waals surface area contributed by atoms with Crippen LogP contribution in [0.2, 0.25) is 0 Å². The third-order valence-corrected chi connectivity index (χ3v) is 9.00. The van der Waals surface area contributed by atoms with E-state index in [4.69, 9.17) is 23.8 Å². The molecule has 0 spiro atoms. The van der Waals surface area contributed by atoms with Crippen LogP contribution in [-0.2, 0) is 0 Å². The average molecular weight is 617 g/mol. The molecule has 0 aliphatic rings. The zero-order valence-electron chi connectivity index (χ0n) is 25.5. The Bertz CT molecular complexity index is 2850. The molecule has 6 nitrogen and oxygen atoms in total. The maximum Gasteiger partial charge on any atom is 0.164 e. The summed E-state index contributed by atoms with van der Waals surface area (Å²) in [5.74, 6) is 1.78. The van der Waals surface area contributed by atoms with Gasteiger partial charge in [0.25, 0.3) is 0 Å². The van der Waals surface area contributed by atoms with Crippen LogP contribution in [0.4, 0.5) is 0 Å². The molecule has 48 heavy (non-hydrogen) atoms. The van der Waals surface area contributed by atoms with Gasteiger partial charge >= 0.3 is 0 Å². The molecule has 6 aromatic carbocycles. The first-order chi connectivity index (χ1) is 23.8. The topological polar surface area (TPSA) is 77.8 Å². The molecule has 0 aliphatic carbocycles. The maximum atomic E-state index is 6.36. The van der Waals surface area contributed by atoms with E-state index in [1.165, 1.54) is 0 Å². The van der Waals surface area contributed by atoms with Gasteiger partial charge in [0.1, 0.15) is 22.3 Å². The Hall–Kier alpha value is -6.66. The maximum absolute atomic E-state index is 6.36. The second-order valence-electron chi connectivity index (χ2n) is 11.9. The number of furan rings is 2. The zero-order valence-corrected chi connectivity index (χ0v) is 25.5. The second-order valence-corrected chi connectivity index (χ2v) is 11.9. The summed E-state index contributed by atoms with van der Waals surface area (Å²) in [5, 5.41) is 6.30. The predicted molar refractivity (Wildman–Crippen MR) is 191 cm³/mol. The fourth-order valence-corrected chi connectivity index (χ4v) is 6.78. The lowest BCUT2D eigenvalue weighted by molar-refractivity contribution is 0.669. The summed E-state index contributed by atoms with van der Waals surface area (Å²) in [7, 11) is 0. The van der Waals surface area contributed by atoms with Crippen LogP contribution < -0.4 is 0 Å². The summed E-state index contributed by atoms with van der Waals surface area (Å²) in [6.45, 7) is 0. The lowest BCUT2D eigenvalue weighted by Crippen LogP contribution is -2.00. The normalized spacial score (nSPS) is 11.8. The molecule has 0 aliphatic heterocycles. The van der Waals surface area contributed by atoms with Gasteiger partial charge in [-0.25, -0.2) is 15.0 Å². The van der Waals surface area contributed by atoms with E-state index in [2.05, 4.69) is 59.6 Å². The highest BCUT2D eigenvalue weighted by Gasteiger charge is 2.19. The molecule has 0 saturated heterocycles. The largest absolute Gasteiger partial charge is 0.456 e. The molecule has 0 amide bonds. The molecule has 0 radical (unpaired) electrons. The zero-order chi connectivity index (χ0) is 31.6. The molecule has 10 aromatic rings. The number of nitrogens with zero attached hydrogens (tertiary/aromatic N) is 4. The third kappa shape index (κ3) is 4.20. The van der Waals surface area contributed by atoms with Crippen molar-refractivity contribution < 1.29 is 8.83 Å². The van der Waals surface area contributed by atoms with Crippen molar-refractivity contribution in [2.75, 3.05) is 0 Å². The van der Waals surface area contributed by atoms with E-state index in [0.717, 1.165) is 82.5 Å². The minimum absolute atomic E-state index is 0.588. The fourth-order valence-electron chi connectivity index (χ4n) is 6.78. The molecule has 0 fully saturated rings. The first-order valence-corrected chi connectivity index (χ1v) is 15.8. The summed E-state index contributed by atoms with van der Waals surface area (Å²) < 4.78 is 12.6. The van der Waals surface area contributed by atoms with Crippen LogP contribution >= 0.6 is 0 Å². The van der Waals surface area contributed by atoms with Crippen molar-refractivity contribution in [3.05, 3.63) is 146 Å². The lowest BCUT2D eigenvalue weighted by atomic mass is 9.97. The number of hydrogen-bond acceptors (Lipinski definition) is 6. The molecule has 6 heteroatoms. The number of aromatic nitrogens is 4. The van der Waals surface area contributed by atoms with Crippen LogP contribution in [0, 0.1) is 0 Å². The van der Waals surface area contributed by atoms with Crippen LogP contribution in [0.1, 0.15) is 0 Å². The summed E-state index contributed by atoms with van der Waals surface area (Å²) >= 11 is 0. The smallest absolute Gasteiger partial charge is 0.164 e. The van der Waals surface area contributed by atoms with Gasteiger partial charge in [0.2, 0.25) is 0 Å². The van der Waals surface area contributed by atoms with Gasteiger partial charge in [0.15, 0.2) is 17.5 Å². The highest BCUT2D eigenvalue weighted by atomic mass is 16.3. The Morgan fingerprint density at radius 1 is 0.396 bits per heavy atom. The number of fused-ring (bicyclic) bond motifs is 7. The van der Waals surface area contributed by atoms with Crippen LogP contribution in [-0.4, -0.2) is 19.9 Å². The van der Waals surface area contributed by atoms with E-state index in [9.17, 15) is 0 Å². The molecule has 4 aromatic heterocycles. The Balaban J connectivity index is 1.18. The Labute approximate surface area is 274 Å². The number of benzene rings is 6. The molecule has 0 saturated carbocycles. The van der Waals surface area contributed by atoms with Gasteiger partial charge in [-0.15, -0.1) is 0 Å². The van der Waals surface area contributed by atoms with Gasteiger partial charge in [-0.3, -0.25) is 4.98 Å². The van der Waals surface area contributed by atoms with E-state index >= 15 is 0 Å². The minimum atomic E-state index is 0.588. The number of para-hydroxylation sites is 1. The molecule has 0 bridgehead atoms. The Kier molecular flexibility index (Phi) is 5.77. The molecule has 10 rings (SSSR count). The summed E-state index contributed by atoms with van der Waals surface area (Å²) in [4.78, 5) is 19.5. The Morgan fingerprint density at radius 3 is 1.92 bits per heavy atom. The quantitative estimate of drug-likeness (QED) is 0.196. The molecule has 0 N–H and O–H groups in total. The highest BCUT2D eigenvalue weighted by molar-refractivity contribution is 6.15. The van der Waals surface area contributed by atoms with Crippen molar-refractivity contribution in [2.45, 2.75) is 0 Å². The summed E-state index contributed by atoms with van der Waals surface area (Å²) in [5.41, 5.74) is 8.12. The molecule has 0 atom stereocenters. The van der Waals surface area contributed by atoms with Gasteiger partial charge in [-0.1, -0.05) is 91.0 Å².